The molecule has 0 unspecified atom stereocenters. The lowest BCUT2D eigenvalue weighted by Crippen LogP contribution is -2.50. The number of anilines is 1. The predicted molar refractivity (Wildman–Crippen MR) is 88.0 cm³/mol. The maximum absolute atomic E-state index is 11.9. The quantitative estimate of drug-likeness (QED) is 0.773. The highest BCUT2D eigenvalue weighted by Crippen LogP contribution is 2.15. The van der Waals surface area contributed by atoms with Gasteiger partial charge in [-0.3, -0.25) is 9.59 Å². The molecule has 0 saturated carbocycles. The molecule has 128 valence electrons. The highest BCUT2D eigenvalue weighted by atomic mass is 16.5. The fourth-order valence-corrected chi connectivity index (χ4v) is 1.73. The normalized spacial score (nSPS) is 12.7. The second-order valence-electron chi connectivity index (χ2n) is 5.85. The van der Waals surface area contributed by atoms with Gasteiger partial charge in [0.05, 0.1) is 11.6 Å². The summed E-state index contributed by atoms with van der Waals surface area (Å²) in [5.74, 6) is -1.52. The molecule has 1 aromatic rings. The van der Waals surface area contributed by atoms with Gasteiger partial charge in [0.25, 0.3) is 5.91 Å². The Morgan fingerprint density at radius 1 is 1.25 bits per heavy atom. The van der Waals surface area contributed by atoms with E-state index < -0.39 is 24.0 Å². The molecule has 1 aromatic carbocycles. The summed E-state index contributed by atoms with van der Waals surface area (Å²) >= 11 is 0. The monoisotopic (exact) mass is 331 g/mol. The van der Waals surface area contributed by atoms with Crippen LogP contribution in [0.25, 0.3) is 0 Å². The van der Waals surface area contributed by atoms with Gasteiger partial charge in [-0.25, -0.2) is 4.79 Å². The van der Waals surface area contributed by atoms with E-state index >= 15 is 0 Å². The molecule has 0 heterocycles. The average Bonchev–Trinajstić information content (AvgIpc) is 2.52. The first-order valence-corrected chi connectivity index (χ1v) is 7.45. The zero-order valence-corrected chi connectivity index (χ0v) is 14.2. The fourth-order valence-electron chi connectivity index (χ4n) is 1.73. The number of nitrogens with zero attached hydrogens (tertiary/aromatic N) is 1. The molecule has 0 fully saturated rings. The molecule has 1 rings (SSSR count). The first-order valence-electron chi connectivity index (χ1n) is 7.45. The molecular formula is C17H21N3O4. The number of nitrogens with one attached hydrogen (secondary N) is 2. The molecule has 0 spiro atoms. The minimum absolute atomic E-state index is 0.0940. The molecule has 0 saturated heterocycles. The molecule has 24 heavy (non-hydrogen) atoms. The predicted octanol–water partition coefficient (Wildman–Crippen LogP) is 1.86. The number of rotatable bonds is 6. The highest BCUT2D eigenvalue weighted by molar-refractivity contribution is 5.93. The Balaban J connectivity index is 2.58. The van der Waals surface area contributed by atoms with Gasteiger partial charge in [0, 0.05) is 12.6 Å². The van der Waals surface area contributed by atoms with Crippen LogP contribution in [0.4, 0.5) is 5.69 Å². The summed E-state index contributed by atoms with van der Waals surface area (Å²) < 4.78 is 4.93. The Labute approximate surface area is 141 Å². The van der Waals surface area contributed by atoms with Crippen LogP contribution in [0.3, 0.4) is 0 Å². The van der Waals surface area contributed by atoms with Crippen molar-refractivity contribution in [3.05, 3.63) is 29.8 Å². The number of hydrogen-bond acceptors (Lipinski definition) is 5. The second-order valence-corrected chi connectivity index (χ2v) is 5.85. The minimum Gasteiger partial charge on any atom is -0.452 e. The number of hydrogen-bond donors (Lipinski definition) is 2. The van der Waals surface area contributed by atoms with E-state index in [-0.39, 0.29) is 17.4 Å². The van der Waals surface area contributed by atoms with Crippen molar-refractivity contribution in [2.45, 2.75) is 33.2 Å². The van der Waals surface area contributed by atoms with E-state index in [2.05, 4.69) is 10.6 Å². The summed E-state index contributed by atoms with van der Waals surface area (Å²) in [5.41, 5.74) is -0.217. The number of nitriles is 1. The third kappa shape index (κ3) is 5.39. The van der Waals surface area contributed by atoms with E-state index in [1.165, 1.54) is 19.1 Å². The van der Waals surface area contributed by atoms with Gasteiger partial charge in [0.1, 0.15) is 5.54 Å². The van der Waals surface area contributed by atoms with Crippen LogP contribution in [0.5, 0.6) is 0 Å². The van der Waals surface area contributed by atoms with Crippen molar-refractivity contribution in [2.24, 2.45) is 5.92 Å². The summed E-state index contributed by atoms with van der Waals surface area (Å²) in [5, 5.41) is 14.3. The van der Waals surface area contributed by atoms with Crippen molar-refractivity contribution in [3.8, 4) is 6.07 Å². The van der Waals surface area contributed by atoms with E-state index in [1.54, 1.807) is 19.1 Å². The lowest BCUT2D eigenvalue weighted by molar-refractivity contribution is -0.125. The molecule has 2 N–H and O–H groups in total. The van der Waals surface area contributed by atoms with Crippen LogP contribution in [0.1, 0.15) is 38.1 Å². The van der Waals surface area contributed by atoms with Crippen LogP contribution in [-0.4, -0.2) is 29.9 Å². The van der Waals surface area contributed by atoms with Gasteiger partial charge < -0.3 is 15.4 Å². The van der Waals surface area contributed by atoms with Gasteiger partial charge >= 0.3 is 5.97 Å². The third-order valence-electron chi connectivity index (χ3n) is 3.56. The van der Waals surface area contributed by atoms with Crippen molar-refractivity contribution < 1.29 is 19.1 Å². The van der Waals surface area contributed by atoms with Gasteiger partial charge in [0.15, 0.2) is 6.61 Å². The van der Waals surface area contributed by atoms with Crippen LogP contribution >= 0.6 is 0 Å². The number of esters is 1. The lowest BCUT2D eigenvalue weighted by atomic mass is 9.90. The van der Waals surface area contributed by atoms with Gasteiger partial charge in [-0.05, 0) is 37.1 Å². The number of amides is 2. The number of carbonyl (C=O) groups is 3. The van der Waals surface area contributed by atoms with Crippen LogP contribution in [0.15, 0.2) is 24.3 Å². The van der Waals surface area contributed by atoms with Crippen LogP contribution in [0, 0.1) is 17.2 Å². The van der Waals surface area contributed by atoms with Crippen LogP contribution in [0.2, 0.25) is 0 Å². The molecule has 1 atom stereocenters. The van der Waals surface area contributed by atoms with E-state index in [1.807, 2.05) is 19.9 Å². The number of carbonyl (C=O) groups excluding carboxylic acids is 3. The third-order valence-corrected chi connectivity index (χ3v) is 3.56. The molecule has 0 aliphatic heterocycles. The molecule has 0 aliphatic carbocycles. The summed E-state index contributed by atoms with van der Waals surface area (Å²) in [4.78, 5) is 34.7. The largest absolute Gasteiger partial charge is 0.452 e. The summed E-state index contributed by atoms with van der Waals surface area (Å²) in [6.45, 7) is 6.14. The molecule has 7 nitrogen and oxygen atoms in total. The molecule has 0 radical (unpaired) electrons. The Morgan fingerprint density at radius 2 is 1.83 bits per heavy atom. The fraction of sp³-hybridized carbons (Fsp3) is 0.412. The van der Waals surface area contributed by atoms with E-state index in [0.717, 1.165) is 0 Å². The zero-order chi connectivity index (χ0) is 18.3. The van der Waals surface area contributed by atoms with E-state index in [0.29, 0.717) is 5.69 Å². The Bertz CT molecular complexity index is 661. The number of ether oxygens (including phenoxy) is 1. The van der Waals surface area contributed by atoms with Gasteiger partial charge in [-0.1, -0.05) is 13.8 Å². The standard InChI is InChI=1S/C17H21N3O4/c1-11(2)17(4,10-18)20-15(22)9-24-16(23)13-5-7-14(8-6-13)19-12(3)21/h5-8,11H,9H2,1-4H3,(H,19,21)(H,20,22)/t17-/m1/s1. The summed E-state index contributed by atoms with van der Waals surface area (Å²) in [7, 11) is 0. The first kappa shape index (κ1) is 19.2. The maximum atomic E-state index is 11.9. The summed E-state index contributed by atoms with van der Waals surface area (Å²) in [6, 6.07) is 8.13. The smallest absolute Gasteiger partial charge is 0.338 e. The molecule has 0 bridgehead atoms. The first-order chi connectivity index (χ1) is 11.2. The van der Waals surface area contributed by atoms with Gasteiger partial charge in [-0.15, -0.1) is 0 Å². The Hall–Kier alpha value is -2.88. The molecular weight excluding hydrogens is 310 g/mol. The van der Waals surface area contributed by atoms with Crippen LogP contribution < -0.4 is 10.6 Å². The van der Waals surface area contributed by atoms with E-state index in [9.17, 15) is 14.4 Å². The Kier molecular flexibility index (Phi) is 6.48. The van der Waals surface area contributed by atoms with Crippen molar-refractivity contribution in [1.82, 2.24) is 5.32 Å². The molecule has 2 amide bonds. The van der Waals surface area contributed by atoms with Crippen LogP contribution in [-0.2, 0) is 14.3 Å². The molecule has 0 aromatic heterocycles. The van der Waals surface area contributed by atoms with Crippen molar-refractivity contribution >= 4 is 23.5 Å². The lowest BCUT2D eigenvalue weighted by Gasteiger charge is -2.27. The van der Waals surface area contributed by atoms with Crippen molar-refractivity contribution in [1.29, 1.82) is 5.26 Å². The minimum atomic E-state index is -1.02. The topological polar surface area (TPSA) is 108 Å². The highest BCUT2D eigenvalue weighted by Gasteiger charge is 2.30. The van der Waals surface area contributed by atoms with E-state index in [4.69, 9.17) is 10.00 Å². The maximum Gasteiger partial charge on any atom is 0.338 e. The van der Waals surface area contributed by atoms with Crippen molar-refractivity contribution in [2.75, 3.05) is 11.9 Å². The van der Waals surface area contributed by atoms with Crippen molar-refractivity contribution in [3.63, 3.8) is 0 Å². The summed E-state index contributed by atoms with van der Waals surface area (Å²) in [6.07, 6.45) is 0. The zero-order valence-electron chi connectivity index (χ0n) is 14.2. The molecule has 7 heteroatoms. The molecule has 0 aliphatic rings. The SMILES string of the molecule is CC(=O)Nc1ccc(C(=O)OCC(=O)N[C@](C)(C#N)C(C)C)cc1. The average molecular weight is 331 g/mol. The second kappa shape index (κ2) is 8.11. The van der Waals surface area contributed by atoms with Gasteiger partial charge in [-0.2, -0.15) is 5.26 Å². The number of benzene rings is 1. The Morgan fingerprint density at radius 3 is 2.29 bits per heavy atom. The van der Waals surface area contributed by atoms with Gasteiger partial charge in [0.2, 0.25) is 5.91 Å².